The number of thiazole rings is 1. The zero-order valence-corrected chi connectivity index (χ0v) is 17.2. The summed E-state index contributed by atoms with van der Waals surface area (Å²) >= 11 is 1.57. The molecule has 0 saturated carbocycles. The molecule has 0 aliphatic carbocycles. The lowest BCUT2D eigenvalue weighted by Gasteiger charge is -2.28. The number of carbonyl (C=O) groups is 1. The molecule has 1 amide bonds. The molecule has 5 heteroatoms. The fourth-order valence-corrected chi connectivity index (χ4v) is 4.05. The van der Waals surface area contributed by atoms with Crippen LogP contribution in [0.4, 0.5) is 0 Å². The molecule has 1 atom stereocenters. The Kier molecular flexibility index (Phi) is 6.23. The average molecular weight is 390 g/mol. The molecule has 28 heavy (non-hydrogen) atoms. The molecule has 3 aromatic rings. The number of aryl methyl sites for hydroxylation is 1. The van der Waals surface area contributed by atoms with E-state index in [4.69, 9.17) is 5.26 Å². The van der Waals surface area contributed by atoms with Crippen molar-refractivity contribution in [1.29, 1.82) is 5.26 Å². The van der Waals surface area contributed by atoms with Gasteiger partial charge in [-0.1, -0.05) is 35.9 Å². The lowest BCUT2D eigenvalue weighted by atomic mass is 10.0. The highest BCUT2D eigenvalue weighted by atomic mass is 32.1. The van der Waals surface area contributed by atoms with Gasteiger partial charge in [0.25, 0.3) is 0 Å². The molecule has 0 fully saturated rings. The normalized spacial score (nSPS) is 11.6. The van der Waals surface area contributed by atoms with Gasteiger partial charge in [0, 0.05) is 17.5 Å². The van der Waals surface area contributed by atoms with Gasteiger partial charge >= 0.3 is 0 Å². The first-order chi connectivity index (χ1) is 13.5. The van der Waals surface area contributed by atoms with Crippen LogP contribution >= 0.6 is 11.3 Å². The summed E-state index contributed by atoms with van der Waals surface area (Å²) in [5.41, 5.74) is 4.72. The number of hydrogen-bond acceptors (Lipinski definition) is 4. The van der Waals surface area contributed by atoms with E-state index in [0.717, 1.165) is 21.8 Å². The molecular weight excluding hydrogens is 366 g/mol. The highest BCUT2D eigenvalue weighted by molar-refractivity contribution is 7.13. The van der Waals surface area contributed by atoms with Crippen LogP contribution in [0.5, 0.6) is 0 Å². The lowest BCUT2D eigenvalue weighted by Crippen LogP contribution is -2.34. The second-order valence-corrected chi connectivity index (χ2v) is 7.64. The maximum absolute atomic E-state index is 12.9. The van der Waals surface area contributed by atoms with E-state index in [9.17, 15) is 4.79 Å². The number of rotatable bonds is 6. The number of likely N-dealkylation sites (N-methyl/N-ethyl adjacent to an activating group) is 1. The van der Waals surface area contributed by atoms with Gasteiger partial charge in [-0.25, -0.2) is 4.98 Å². The van der Waals surface area contributed by atoms with Crippen molar-refractivity contribution in [2.24, 2.45) is 0 Å². The first kappa shape index (κ1) is 19.8. The van der Waals surface area contributed by atoms with Crippen LogP contribution in [0, 0.1) is 18.3 Å². The maximum Gasteiger partial charge on any atom is 0.229 e. The highest BCUT2D eigenvalue weighted by Gasteiger charge is 2.21. The van der Waals surface area contributed by atoms with Gasteiger partial charge in [-0.15, -0.1) is 11.3 Å². The largest absolute Gasteiger partial charge is 0.336 e. The van der Waals surface area contributed by atoms with Gasteiger partial charge in [0.05, 0.1) is 29.8 Å². The summed E-state index contributed by atoms with van der Waals surface area (Å²) in [6.45, 7) is 6.68. The predicted octanol–water partition coefficient (Wildman–Crippen LogP) is 5.14. The number of hydrogen-bond donors (Lipinski definition) is 0. The summed E-state index contributed by atoms with van der Waals surface area (Å²) in [5.74, 6) is 0.0560. The number of benzene rings is 2. The van der Waals surface area contributed by atoms with E-state index in [1.807, 2.05) is 48.4 Å². The van der Waals surface area contributed by atoms with Crippen LogP contribution in [-0.2, 0) is 11.2 Å². The number of nitriles is 1. The summed E-state index contributed by atoms with van der Waals surface area (Å²) in [4.78, 5) is 19.4. The van der Waals surface area contributed by atoms with Crippen LogP contribution in [0.2, 0.25) is 0 Å². The minimum atomic E-state index is -0.0554. The molecule has 1 aromatic heterocycles. The van der Waals surface area contributed by atoms with Crippen LogP contribution < -0.4 is 0 Å². The molecule has 0 saturated heterocycles. The molecular formula is C23H23N3OS. The Bertz CT molecular complexity index is 1000. The van der Waals surface area contributed by atoms with E-state index in [1.54, 1.807) is 23.5 Å². The van der Waals surface area contributed by atoms with Crippen molar-refractivity contribution in [3.05, 3.63) is 76.3 Å². The second-order valence-electron chi connectivity index (χ2n) is 6.78. The van der Waals surface area contributed by atoms with Crippen molar-refractivity contribution in [3.8, 4) is 16.6 Å². The molecule has 0 radical (unpaired) electrons. The minimum Gasteiger partial charge on any atom is -0.336 e. The van der Waals surface area contributed by atoms with Crippen LogP contribution in [-0.4, -0.2) is 22.3 Å². The molecule has 1 heterocycles. The summed E-state index contributed by atoms with van der Waals surface area (Å²) in [6.07, 6.45) is 0.288. The Labute approximate surface area is 170 Å². The Morgan fingerprint density at radius 2 is 2.00 bits per heavy atom. The summed E-state index contributed by atoms with van der Waals surface area (Å²) in [5, 5.41) is 11.9. The molecule has 0 aliphatic heterocycles. The van der Waals surface area contributed by atoms with Crippen molar-refractivity contribution in [2.75, 3.05) is 6.54 Å². The fourth-order valence-electron chi connectivity index (χ4n) is 3.24. The summed E-state index contributed by atoms with van der Waals surface area (Å²) < 4.78 is 0. The maximum atomic E-state index is 12.9. The first-order valence-electron chi connectivity index (χ1n) is 9.32. The molecule has 1 unspecified atom stereocenters. The van der Waals surface area contributed by atoms with Gasteiger partial charge in [0.1, 0.15) is 5.01 Å². The Hall–Kier alpha value is -2.97. The van der Waals surface area contributed by atoms with E-state index in [1.165, 1.54) is 5.56 Å². The minimum absolute atomic E-state index is 0.0554. The van der Waals surface area contributed by atoms with Gasteiger partial charge in [-0.05, 0) is 44.5 Å². The van der Waals surface area contributed by atoms with E-state index in [-0.39, 0.29) is 18.4 Å². The van der Waals surface area contributed by atoms with Gasteiger partial charge in [-0.3, -0.25) is 4.79 Å². The Morgan fingerprint density at radius 3 is 2.64 bits per heavy atom. The molecule has 0 N–H and O–H groups in total. The molecule has 0 bridgehead atoms. The van der Waals surface area contributed by atoms with Crippen molar-refractivity contribution < 1.29 is 4.79 Å². The number of nitrogens with zero attached hydrogens (tertiary/aromatic N) is 3. The van der Waals surface area contributed by atoms with Crippen LogP contribution in [0.1, 0.15) is 42.3 Å². The molecule has 0 aliphatic rings. The number of carbonyl (C=O) groups excluding carboxylic acids is 1. The third-order valence-electron chi connectivity index (χ3n) is 4.80. The van der Waals surface area contributed by atoms with Crippen molar-refractivity contribution in [2.45, 2.75) is 33.2 Å². The predicted molar refractivity (Wildman–Crippen MR) is 113 cm³/mol. The van der Waals surface area contributed by atoms with Crippen LogP contribution in [0.3, 0.4) is 0 Å². The topological polar surface area (TPSA) is 57.0 Å². The smallest absolute Gasteiger partial charge is 0.229 e. The fraction of sp³-hybridized carbons (Fsp3) is 0.261. The average Bonchev–Trinajstić information content (AvgIpc) is 3.17. The SMILES string of the molecule is CCN(C(=O)Cc1csc(-c2cccc(C)c2)n1)C(C)c1ccc(C#N)cc1. The highest BCUT2D eigenvalue weighted by Crippen LogP contribution is 2.26. The van der Waals surface area contributed by atoms with Gasteiger partial charge in [0.15, 0.2) is 0 Å². The summed E-state index contributed by atoms with van der Waals surface area (Å²) in [7, 11) is 0. The molecule has 0 spiro atoms. The zero-order valence-electron chi connectivity index (χ0n) is 16.3. The monoisotopic (exact) mass is 389 g/mol. The van der Waals surface area contributed by atoms with Crippen molar-refractivity contribution >= 4 is 17.2 Å². The molecule has 3 rings (SSSR count). The standard InChI is InChI=1S/C23H23N3OS/c1-4-26(17(3)19-10-8-18(14-24)9-11-19)22(27)13-21-15-28-23(25-21)20-7-5-6-16(2)12-20/h5-12,15,17H,4,13H2,1-3H3. The third-order valence-corrected chi connectivity index (χ3v) is 5.74. The quantitative estimate of drug-likeness (QED) is 0.586. The Morgan fingerprint density at radius 1 is 1.25 bits per heavy atom. The van der Waals surface area contributed by atoms with Crippen molar-refractivity contribution in [3.63, 3.8) is 0 Å². The lowest BCUT2D eigenvalue weighted by molar-refractivity contribution is -0.132. The van der Waals surface area contributed by atoms with E-state index in [0.29, 0.717) is 12.1 Å². The third kappa shape index (κ3) is 4.47. The Balaban J connectivity index is 1.72. The number of amides is 1. The second kappa shape index (κ2) is 8.81. The van der Waals surface area contributed by atoms with Crippen molar-refractivity contribution in [1.82, 2.24) is 9.88 Å². The number of aromatic nitrogens is 1. The van der Waals surface area contributed by atoms with E-state index >= 15 is 0 Å². The van der Waals surface area contributed by atoms with Gasteiger partial charge < -0.3 is 4.90 Å². The van der Waals surface area contributed by atoms with Gasteiger partial charge in [-0.2, -0.15) is 5.26 Å². The molecule has 2 aromatic carbocycles. The van der Waals surface area contributed by atoms with E-state index < -0.39 is 0 Å². The summed E-state index contributed by atoms with van der Waals surface area (Å²) in [6, 6.07) is 17.7. The van der Waals surface area contributed by atoms with Crippen LogP contribution in [0.15, 0.2) is 53.9 Å². The first-order valence-corrected chi connectivity index (χ1v) is 10.2. The van der Waals surface area contributed by atoms with E-state index in [2.05, 4.69) is 30.1 Å². The molecule has 4 nitrogen and oxygen atoms in total. The van der Waals surface area contributed by atoms with Gasteiger partial charge in [0.2, 0.25) is 5.91 Å². The molecule has 142 valence electrons. The van der Waals surface area contributed by atoms with Crippen LogP contribution in [0.25, 0.3) is 10.6 Å². The zero-order chi connectivity index (χ0) is 20.1.